The van der Waals surface area contributed by atoms with Gasteiger partial charge in [-0.1, -0.05) is 30.3 Å². The maximum atomic E-state index is 13.1. The Kier molecular flexibility index (Phi) is 4.80. The third kappa shape index (κ3) is 3.79. The highest BCUT2D eigenvalue weighted by molar-refractivity contribution is 5.80. The van der Waals surface area contributed by atoms with Gasteiger partial charge in [-0.25, -0.2) is 19.2 Å². The first-order valence-corrected chi connectivity index (χ1v) is 7.42. The van der Waals surface area contributed by atoms with Crippen molar-refractivity contribution in [3.63, 3.8) is 0 Å². The summed E-state index contributed by atoms with van der Waals surface area (Å²) >= 11 is 0. The zero-order valence-electron chi connectivity index (χ0n) is 13.2. The van der Waals surface area contributed by atoms with Crippen LogP contribution in [0.2, 0.25) is 0 Å². The molecule has 0 aliphatic rings. The molecule has 1 heterocycles. The van der Waals surface area contributed by atoms with Crippen LogP contribution < -0.4 is 11.0 Å². The molecule has 0 aliphatic heterocycles. The van der Waals surface area contributed by atoms with Crippen LogP contribution in [0, 0.1) is 23.0 Å². The van der Waals surface area contributed by atoms with Crippen molar-refractivity contribution in [2.24, 2.45) is 5.10 Å². The minimum atomic E-state index is -0.734. The van der Waals surface area contributed by atoms with Crippen molar-refractivity contribution in [1.82, 2.24) is 9.97 Å². The molecule has 0 saturated heterocycles. The Morgan fingerprint density at radius 1 is 1.15 bits per heavy atom. The molecule has 0 amide bonds. The molecule has 3 aromatic rings. The van der Waals surface area contributed by atoms with E-state index in [9.17, 15) is 18.8 Å². The number of H-pyrrole nitrogens is 1. The lowest BCUT2D eigenvalue weighted by Crippen LogP contribution is -2.16. The molecule has 0 spiro atoms. The van der Waals surface area contributed by atoms with Crippen LogP contribution in [0.15, 0.2) is 58.4 Å². The van der Waals surface area contributed by atoms with Gasteiger partial charge in [-0.15, -0.1) is 0 Å². The summed E-state index contributed by atoms with van der Waals surface area (Å²) in [5.41, 5.74) is 2.71. The highest BCUT2D eigenvalue weighted by Crippen LogP contribution is 2.19. The first-order chi connectivity index (χ1) is 12.6. The van der Waals surface area contributed by atoms with Crippen LogP contribution in [-0.2, 0) is 0 Å². The molecule has 8 heteroatoms. The molecule has 2 N–H and O–H groups in total. The number of aromatic amines is 1. The summed E-state index contributed by atoms with van der Waals surface area (Å²) < 4.78 is 26.3. The van der Waals surface area contributed by atoms with Crippen molar-refractivity contribution >= 4 is 12.2 Å². The standard InChI is InChI=1S/C18H11F2N5O/c19-13-6-11(7-14(20)8-13)10-22-25-18-23-16(12-4-2-1-3-5-12)15(9-21)17(26)24-18/h1-8,10H,(H2,23,24,25,26). The van der Waals surface area contributed by atoms with E-state index >= 15 is 0 Å². The average molecular weight is 351 g/mol. The average Bonchev–Trinajstić information content (AvgIpc) is 2.61. The Labute approximate surface area is 146 Å². The van der Waals surface area contributed by atoms with Crippen LogP contribution in [0.3, 0.4) is 0 Å². The fourth-order valence-corrected chi connectivity index (χ4v) is 2.25. The van der Waals surface area contributed by atoms with Gasteiger partial charge >= 0.3 is 0 Å². The second kappa shape index (κ2) is 7.36. The van der Waals surface area contributed by atoms with Gasteiger partial charge in [0.25, 0.3) is 5.56 Å². The highest BCUT2D eigenvalue weighted by atomic mass is 19.1. The zero-order valence-corrected chi connectivity index (χ0v) is 13.2. The van der Waals surface area contributed by atoms with E-state index in [-0.39, 0.29) is 22.8 Å². The second-order valence-corrected chi connectivity index (χ2v) is 5.19. The molecular formula is C18H11F2N5O. The first-order valence-electron chi connectivity index (χ1n) is 7.42. The van der Waals surface area contributed by atoms with Gasteiger partial charge in [0.2, 0.25) is 5.95 Å². The van der Waals surface area contributed by atoms with Crippen molar-refractivity contribution < 1.29 is 8.78 Å². The van der Waals surface area contributed by atoms with Crippen LogP contribution in [0.4, 0.5) is 14.7 Å². The van der Waals surface area contributed by atoms with E-state index < -0.39 is 17.2 Å². The fraction of sp³-hybridized carbons (Fsp3) is 0. The van der Waals surface area contributed by atoms with Gasteiger partial charge in [-0.05, 0) is 12.1 Å². The number of hydrazone groups is 1. The number of aromatic nitrogens is 2. The number of nitriles is 1. The molecule has 2 aromatic carbocycles. The molecule has 128 valence electrons. The minimum absolute atomic E-state index is 0.0130. The molecule has 6 nitrogen and oxygen atoms in total. The molecule has 0 radical (unpaired) electrons. The van der Waals surface area contributed by atoms with Gasteiger partial charge < -0.3 is 0 Å². The van der Waals surface area contributed by atoms with Gasteiger partial charge in [-0.2, -0.15) is 10.4 Å². The Balaban J connectivity index is 1.92. The number of hydrogen-bond donors (Lipinski definition) is 2. The van der Waals surface area contributed by atoms with Gasteiger partial charge in [0.05, 0.1) is 11.9 Å². The van der Waals surface area contributed by atoms with Gasteiger partial charge in [0.15, 0.2) is 0 Å². The Morgan fingerprint density at radius 2 is 1.85 bits per heavy atom. The summed E-state index contributed by atoms with van der Waals surface area (Å²) in [7, 11) is 0. The van der Waals surface area contributed by atoms with Crippen LogP contribution in [0.5, 0.6) is 0 Å². The normalized spacial score (nSPS) is 10.7. The van der Waals surface area contributed by atoms with Crippen molar-refractivity contribution in [3.05, 3.63) is 81.6 Å². The number of anilines is 1. The topological polar surface area (TPSA) is 93.9 Å². The van der Waals surface area contributed by atoms with Gasteiger partial charge in [-0.3, -0.25) is 9.78 Å². The lowest BCUT2D eigenvalue weighted by atomic mass is 10.1. The number of nitrogens with one attached hydrogen (secondary N) is 2. The Bertz CT molecular complexity index is 1050. The molecule has 0 bridgehead atoms. The van der Waals surface area contributed by atoms with Crippen LogP contribution in [0.1, 0.15) is 11.1 Å². The summed E-state index contributed by atoms with van der Waals surface area (Å²) in [6, 6.07) is 13.5. The highest BCUT2D eigenvalue weighted by Gasteiger charge is 2.12. The molecule has 0 unspecified atom stereocenters. The number of benzene rings is 2. The van der Waals surface area contributed by atoms with E-state index in [1.54, 1.807) is 30.3 Å². The van der Waals surface area contributed by atoms with Crippen molar-refractivity contribution in [2.75, 3.05) is 5.43 Å². The van der Waals surface area contributed by atoms with Crippen molar-refractivity contribution in [3.8, 4) is 17.3 Å². The maximum Gasteiger partial charge on any atom is 0.270 e. The quantitative estimate of drug-likeness (QED) is 0.558. The number of nitrogens with zero attached hydrogens (tertiary/aromatic N) is 3. The third-order valence-electron chi connectivity index (χ3n) is 3.35. The number of hydrogen-bond acceptors (Lipinski definition) is 5. The van der Waals surface area contributed by atoms with E-state index in [1.807, 2.05) is 6.07 Å². The predicted octanol–water partition coefficient (Wildman–Crippen LogP) is 3.03. The summed E-state index contributed by atoms with van der Waals surface area (Å²) in [5, 5.41) is 13.0. The maximum absolute atomic E-state index is 13.1. The molecule has 1 aromatic heterocycles. The molecule has 0 fully saturated rings. The summed E-state index contributed by atoms with van der Waals surface area (Å²) in [5.74, 6) is -1.48. The molecule has 0 saturated carbocycles. The Hall–Kier alpha value is -3.86. The fourth-order valence-electron chi connectivity index (χ4n) is 2.25. The summed E-state index contributed by atoms with van der Waals surface area (Å²) in [6.07, 6.45) is 1.17. The minimum Gasteiger partial charge on any atom is -0.290 e. The second-order valence-electron chi connectivity index (χ2n) is 5.19. The van der Waals surface area contributed by atoms with Crippen LogP contribution in [-0.4, -0.2) is 16.2 Å². The lowest BCUT2D eigenvalue weighted by Gasteiger charge is -2.05. The van der Waals surface area contributed by atoms with E-state index in [4.69, 9.17) is 0 Å². The van der Waals surface area contributed by atoms with Crippen LogP contribution in [0.25, 0.3) is 11.3 Å². The van der Waals surface area contributed by atoms with Crippen LogP contribution >= 0.6 is 0 Å². The molecular weight excluding hydrogens is 340 g/mol. The molecule has 0 atom stereocenters. The lowest BCUT2D eigenvalue weighted by molar-refractivity contribution is 0.583. The Morgan fingerprint density at radius 3 is 2.50 bits per heavy atom. The van der Waals surface area contributed by atoms with Gasteiger partial charge in [0.1, 0.15) is 23.3 Å². The molecule has 0 aliphatic carbocycles. The number of halogens is 2. The van der Waals surface area contributed by atoms with Gasteiger partial charge in [0, 0.05) is 17.2 Å². The van der Waals surface area contributed by atoms with Crippen molar-refractivity contribution in [2.45, 2.75) is 0 Å². The zero-order chi connectivity index (χ0) is 18.5. The first kappa shape index (κ1) is 17.0. The largest absolute Gasteiger partial charge is 0.290 e. The summed E-state index contributed by atoms with van der Waals surface area (Å²) in [4.78, 5) is 18.7. The van der Waals surface area contributed by atoms with E-state index in [0.717, 1.165) is 18.2 Å². The predicted molar refractivity (Wildman–Crippen MR) is 92.6 cm³/mol. The van der Waals surface area contributed by atoms with Crippen molar-refractivity contribution in [1.29, 1.82) is 5.26 Å². The van der Waals surface area contributed by atoms with E-state index in [0.29, 0.717) is 5.56 Å². The monoisotopic (exact) mass is 351 g/mol. The molecule has 3 rings (SSSR count). The summed E-state index contributed by atoms with van der Waals surface area (Å²) in [6.45, 7) is 0. The van der Waals surface area contributed by atoms with E-state index in [1.165, 1.54) is 6.21 Å². The van der Waals surface area contributed by atoms with E-state index in [2.05, 4.69) is 20.5 Å². The SMILES string of the molecule is N#Cc1c(-c2ccccc2)nc(NN=Cc2cc(F)cc(F)c2)[nH]c1=O. The number of rotatable bonds is 4. The third-order valence-corrected chi connectivity index (χ3v) is 3.35. The molecule has 26 heavy (non-hydrogen) atoms. The smallest absolute Gasteiger partial charge is 0.270 e.